The minimum absolute atomic E-state index is 0.0662. The number of hydrogen-bond donors (Lipinski definition) is 0. The molecule has 0 bridgehead atoms. The van der Waals surface area contributed by atoms with E-state index >= 15 is 0 Å². The van der Waals surface area contributed by atoms with Crippen molar-refractivity contribution in [2.24, 2.45) is 0 Å². The summed E-state index contributed by atoms with van der Waals surface area (Å²) in [5, 5.41) is 0. The summed E-state index contributed by atoms with van der Waals surface area (Å²) in [6.45, 7) is 0. The second-order valence-corrected chi connectivity index (χ2v) is 6.20. The fourth-order valence-electron chi connectivity index (χ4n) is 2.98. The first kappa shape index (κ1) is 11.1. The van der Waals surface area contributed by atoms with Gasteiger partial charge in [0.15, 0.2) is 0 Å². The van der Waals surface area contributed by atoms with Crippen molar-refractivity contribution in [1.82, 2.24) is 0 Å². The van der Waals surface area contributed by atoms with Crippen LogP contribution in [0, 0.1) is 0 Å². The zero-order chi connectivity index (χ0) is 11.7. The molecule has 1 amide bonds. The number of carbonyl (C=O) groups is 1. The minimum atomic E-state index is 0.0662. The Bertz CT molecular complexity index is 411. The Hall–Kier alpha value is -0.960. The van der Waals surface area contributed by atoms with Gasteiger partial charge in [-0.2, -0.15) is 0 Å². The van der Waals surface area contributed by atoms with Crippen LogP contribution in [0.1, 0.15) is 32.1 Å². The molecule has 2 fully saturated rings. The highest BCUT2D eigenvalue weighted by Crippen LogP contribution is 2.48. The van der Waals surface area contributed by atoms with Gasteiger partial charge >= 0.3 is 0 Å². The molecule has 0 N–H and O–H groups in total. The summed E-state index contributed by atoms with van der Waals surface area (Å²) in [6, 6.07) is 10.1. The predicted octanol–water partition coefficient (Wildman–Crippen LogP) is 3.43. The van der Waals surface area contributed by atoms with E-state index in [9.17, 15) is 4.79 Å². The third kappa shape index (κ3) is 1.86. The number of carbonyl (C=O) groups excluding carboxylic acids is 1. The third-order valence-corrected chi connectivity index (χ3v) is 5.29. The van der Waals surface area contributed by atoms with Gasteiger partial charge < -0.3 is 0 Å². The third-order valence-electron chi connectivity index (χ3n) is 3.77. The molecule has 1 heterocycles. The number of thioether (sulfide) groups is 1. The summed E-state index contributed by atoms with van der Waals surface area (Å²) >= 11 is 1.85. The second-order valence-electron chi connectivity index (χ2n) is 4.86. The maximum atomic E-state index is 12.2. The molecule has 3 rings (SSSR count). The monoisotopic (exact) mass is 247 g/mol. The second kappa shape index (κ2) is 4.37. The van der Waals surface area contributed by atoms with Crippen molar-refractivity contribution >= 4 is 23.4 Å². The van der Waals surface area contributed by atoms with Gasteiger partial charge in [-0.05, 0) is 25.0 Å². The van der Waals surface area contributed by atoms with E-state index in [4.69, 9.17) is 0 Å². The Kier molecular flexibility index (Phi) is 2.87. The van der Waals surface area contributed by atoms with Gasteiger partial charge in [0.05, 0.1) is 10.6 Å². The summed E-state index contributed by atoms with van der Waals surface area (Å²) in [5.74, 6) is 0.928. The van der Waals surface area contributed by atoms with Crippen molar-refractivity contribution in [3.05, 3.63) is 30.3 Å². The van der Waals surface area contributed by atoms with E-state index in [1.165, 1.54) is 19.3 Å². The zero-order valence-corrected chi connectivity index (χ0v) is 10.7. The van der Waals surface area contributed by atoms with Crippen molar-refractivity contribution < 1.29 is 4.79 Å². The molecule has 1 aliphatic carbocycles. The van der Waals surface area contributed by atoms with Crippen LogP contribution in [0.4, 0.5) is 5.69 Å². The summed E-state index contributed by atoms with van der Waals surface area (Å²) in [6.07, 6.45) is 6.13. The van der Waals surface area contributed by atoms with Crippen molar-refractivity contribution in [2.45, 2.75) is 37.0 Å². The smallest absolute Gasteiger partial charge is 0.238 e. The van der Waals surface area contributed by atoms with Crippen molar-refractivity contribution in [3.8, 4) is 0 Å². The normalized spacial score (nSPS) is 23.3. The molecule has 0 radical (unpaired) electrons. The van der Waals surface area contributed by atoms with Crippen LogP contribution in [-0.4, -0.2) is 16.5 Å². The van der Waals surface area contributed by atoms with Gasteiger partial charge in [-0.1, -0.05) is 37.5 Å². The number of para-hydroxylation sites is 1. The van der Waals surface area contributed by atoms with Gasteiger partial charge in [0.2, 0.25) is 5.91 Å². The molecular formula is C14H17NOS. The summed E-state index contributed by atoms with van der Waals surface area (Å²) in [5.41, 5.74) is 1.07. The molecule has 1 aromatic rings. The topological polar surface area (TPSA) is 20.3 Å². The van der Waals surface area contributed by atoms with Crippen molar-refractivity contribution in [2.75, 3.05) is 10.7 Å². The molecule has 1 aliphatic heterocycles. The Labute approximate surface area is 106 Å². The van der Waals surface area contributed by atoms with E-state index in [1.54, 1.807) is 0 Å². The van der Waals surface area contributed by atoms with Gasteiger partial charge in [-0.15, -0.1) is 11.8 Å². The molecule has 1 aromatic carbocycles. The van der Waals surface area contributed by atoms with Gasteiger partial charge in [-0.3, -0.25) is 9.69 Å². The van der Waals surface area contributed by atoms with Crippen LogP contribution in [0.5, 0.6) is 0 Å². The number of rotatable bonds is 1. The van der Waals surface area contributed by atoms with Gasteiger partial charge in [0.1, 0.15) is 0 Å². The van der Waals surface area contributed by atoms with E-state index in [1.807, 2.05) is 30.0 Å². The largest absolute Gasteiger partial charge is 0.297 e. The Morgan fingerprint density at radius 1 is 1.06 bits per heavy atom. The fraction of sp³-hybridized carbons (Fsp3) is 0.500. The maximum Gasteiger partial charge on any atom is 0.238 e. The zero-order valence-electron chi connectivity index (χ0n) is 9.89. The SMILES string of the molecule is O=C1CSC2(CCCCC2)N1c1ccccc1. The van der Waals surface area contributed by atoms with Gasteiger partial charge in [0, 0.05) is 5.69 Å². The molecule has 0 atom stereocenters. The predicted molar refractivity (Wildman–Crippen MR) is 72.2 cm³/mol. The molecular weight excluding hydrogens is 230 g/mol. The van der Waals surface area contributed by atoms with E-state index in [0.29, 0.717) is 5.75 Å². The van der Waals surface area contributed by atoms with Crippen LogP contribution < -0.4 is 4.90 Å². The lowest BCUT2D eigenvalue weighted by atomic mass is 9.93. The van der Waals surface area contributed by atoms with E-state index in [2.05, 4.69) is 17.0 Å². The Balaban J connectivity index is 1.97. The first-order valence-electron chi connectivity index (χ1n) is 6.34. The summed E-state index contributed by atoms with van der Waals surface area (Å²) in [7, 11) is 0. The first-order chi connectivity index (χ1) is 8.32. The summed E-state index contributed by atoms with van der Waals surface area (Å²) in [4.78, 5) is 14.3. The molecule has 2 aliphatic rings. The highest BCUT2D eigenvalue weighted by Gasteiger charge is 2.47. The fourth-order valence-corrected chi connectivity index (χ4v) is 4.42. The average Bonchev–Trinajstić information content (AvgIpc) is 2.68. The van der Waals surface area contributed by atoms with Crippen molar-refractivity contribution in [1.29, 1.82) is 0 Å². The van der Waals surface area contributed by atoms with Gasteiger partial charge in [-0.25, -0.2) is 0 Å². The standard InChI is InChI=1S/C14H17NOS/c16-13-11-17-14(9-5-2-6-10-14)15(13)12-7-3-1-4-8-12/h1,3-4,7-8H,2,5-6,9-11H2. The number of amides is 1. The molecule has 2 nitrogen and oxygen atoms in total. The van der Waals surface area contributed by atoms with E-state index < -0.39 is 0 Å². The molecule has 1 spiro atoms. The summed E-state index contributed by atoms with van der Waals surface area (Å²) < 4.78 is 0. The average molecular weight is 247 g/mol. The molecule has 1 saturated carbocycles. The molecule has 1 saturated heterocycles. The van der Waals surface area contributed by atoms with Crippen LogP contribution in [-0.2, 0) is 4.79 Å². The molecule has 90 valence electrons. The lowest BCUT2D eigenvalue weighted by Crippen LogP contribution is -2.45. The first-order valence-corrected chi connectivity index (χ1v) is 7.32. The van der Waals surface area contributed by atoms with Crippen LogP contribution >= 0.6 is 11.8 Å². The minimum Gasteiger partial charge on any atom is -0.297 e. The highest BCUT2D eigenvalue weighted by atomic mass is 32.2. The quantitative estimate of drug-likeness (QED) is 0.758. The lowest BCUT2D eigenvalue weighted by Gasteiger charge is -2.40. The van der Waals surface area contributed by atoms with Crippen LogP contribution in [0.2, 0.25) is 0 Å². The van der Waals surface area contributed by atoms with Gasteiger partial charge in [0.25, 0.3) is 0 Å². The number of nitrogens with zero attached hydrogens (tertiary/aromatic N) is 1. The number of hydrogen-bond acceptors (Lipinski definition) is 2. The molecule has 0 aromatic heterocycles. The van der Waals surface area contributed by atoms with Crippen LogP contribution in [0.15, 0.2) is 30.3 Å². The lowest BCUT2D eigenvalue weighted by molar-refractivity contribution is -0.116. The van der Waals surface area contributed by atoms with Crippen molar-refractivity contribution in [3.63, 3.8) is 0 Å². The van der Waals surface area contributed by atoms with Crippen LogP contribution in [0.3, 0.4) is 0 Å². The van der Waals surface area contributed by atoms with E-state index in [0.717, 1.165) is 18.5 Å². The van der Waals surface area contributed by atoms with E-state index in [-0.39, 0.29) is 10.8 Å². The number of anilines is 1. The highest BCUT2D eigenvalue weighted by molar-refractivity contribution is 8.02. The maximum absolute atomic E-state index is 12.2. The molecule has 0 unspecified atom stereocenters. The van der Waals surface area contributed by atoms with Crippen LogP contribution in [0.25, 0.3) is 0 Å². The molecule has 17 heavy (non-hydrogen) atoms. The Morgan fingerprint density at radius 3 is 2.47 bits per heavy atom. The number of benzene rings is 1. The molecule has 3 heteroatoms. The Morgan fingerprint density at radius 2 is 1.76 bits per heavy atom.